The van der Waals surface area contributed by atoms with Crippen LogP contribution in [0.2, 0.25) is 0 Å². The summed E-state index contributed by atoms with van der Waals surface area (Å²) in [7, 11) is 0. The highest BCUT2D eigenvalue weighted by atomic mass is 32.1. The summed E-state index contributed by atoms with van der Waals surface area (Å²) >= 11 is 1.85. The van der Waals surface area contributed by atoms with Crippen LogP contribution in [0.4, 0.5) is 0 Å². The maximum absolute atomic E-state index is 5.30. The predicted octanol–water partition coefficient (Wildman–Crippen LogP) is 14.6. The quantitative estimate of drug-likeness (QED) is 0.176. The molecule has 0 saturated carbocycles. The fraction of sp³-hybridized carbons (Fsp3) is 0.0566. The number of rotatable bonds is 5. The van der Waals surface area contributed by atoms with E-state index in [1.807, 2.05) is 17.4 Å². The smallest absolute Gasteiger partial charge is 0.160 e. The van der Waals surface area contributed by atoms with Gasteiger partial charge in [0.05, 0.1) is 11.4 Å². The van der Waals surface area contributed by atoms with Crippen molar-refractivity contribution in [2.75, 3.05) is 0 Å². The minimum atomic E-state index is -0.110. The Morgan fingerprint density at radius 1 is 0.411 bits per heavy atom. The first-order valence-corrected chi connectivity index (χ1v) is 20.1. The maximum Gasteiger partial charge on any atom is 0.160 e. The number of hydrogen-bond donors (Lipinski definition) is 0. The van der Waals surface area contributed by atoms with Crippen LogP contribution in [0.1, 0.15) is 25.0 Å². The van der Waals surface area contributed by atoms with Crippen LogP contribution in [0.15, 0.2) is 182 Å². The summed E-state index contributed by atoms with van der Waals surface area (Å²) in [6.45, 7) is 4.72. The van der Waals surface area contributed by atoms with E-state index in [-0.39, 0.29) is 5.41 Å². The molecule has 56 heavy (non-hydrogen) atoms. The molecular formula is C53H36N2S. The van der Waals surface area contributed by atoms with Crippen LogP contribution in [-0.2, 0) is 5.41 Å². The van der Waals surface area contributed by atoms with Gasteiger partial charge in [-0.15, -0.1) is 11.3 Å². The fourth-order valence-electron chi connectivity index (χ4n) is 8.95. The highest BCUT2D eigenvalue weighted by Crippen LogP contribution is 2.53. The lowest BCUT2D eigenvalue weighted by molar-refractivity contribution is 0.661. The van der Waals surface area contributed by atoms with Gasteiger partial charge in [0.15, 0.2) is 5.82 Å². The summed E-state index contributed by atoms with van der Waals surface area (Å²) < 4.78 is 2.59. The Kier molecular flexibility index (Phi) is 7.42. The maximum atomic E-state index is 5.30. The molecule has 2 aromatic heterocycles. The second-order valence-electron chi connectivity index (χ2n) is 15.3. The molecule has 0 radical (unpaired) electrons. The van der Waals surface area contributed by atoms with E-state index < -0.39 is 0 Å². The summed E-state index contributed by atoms with van der Waals surface area (Å²) in [5.41, 5.74) is 15.0. The van der Waals surface area contributed by atoms with Crippen molar-refractivity contribution >= 4 is 42.3 Å². The monoisotopic (exact) mass is 732 g/mol. The van der Waals surface area contributed by atoms with Crippen molar-refractivity contribution in [1.29, 1.82) is 0 Å². The number of thiophene rings is 1. The normalized spacial score (nSPS) is 13.0. The summed E-state index contributed by atoms with van der Waals surface area (Å²) in [5, 5.41) is 5.13. The third-order valence-corrected chi connectivity index (χ3v) is 12.8. The minimum absolute atomic E-state index is 0.110. The van der Waals surface area contributed by atoms with Crippen molar-refractivity contribution in [3.63, 3.8) is 0 Å². The Bertz CT molecular complexity index is 3170. The Morgan fingerprint density at radius 3 is 1.91 bits per heavy atom. The molecule has 2 heterocycles. The molecule has 0 N–H and O–H groups in total. The van der Waals surface area contributed by atoms with Gasteiger partial charge in [0, 0.05) is 42.3 Å². The van der Waals surface area contributed by atoms with Crippen molar-refractivity contribution in [2.45, 2.75) is 19.3 Å². The highest BCUT2D eigenvalue weighted by Gasteiger charge is 2.37. The summed E-state index contributed by atoms with van der Waals surface area (Å²) in [6, 6.07) is 65.8. The molecule has 0 fully saturated rings. The van der Waals surface area contributed by atoms with Crippen LogP contribution in [0.25, 0.3) is 98.2 Å². The van der Waals surface area contributed by atoms with Crippen LogP contribution < -0.4 is 0 Å². The summed E-state index contributed by atoms with van der Waals surface area (Å²) in [4.78, 5) is 10.6. The molecule has 0 unspecified atom stereocenters. The first-order valence-electron chi connectivity index (χ1n) is 19.2. The van der Waals surface area contributed by atoms with E-state index >= 15 is 0 Å². The lowest BCUT2D eigenvalue weighted by Gasteiger charge is -2.22. The van der Waals surface area contributed by atoms with Crippen LogP contribution in [0.3, 0.4) is 0 Å². The largest absolute Gasteiger partial charge is 0.228 e. The molecule has 0 spiro atoms. The van der Waals surface area contributed by atoms with Gasteiger partial charge in [0.2, 0.25) is 0 Å². The molecule has 0 bridgehead atoms. The van der Waals surface area contributed by atoms with Crippen LogP contribution in [0.5, 0.6) is 0 Å². The zero-order valence-electron chi connectivity index (χ0n) is 31.1. The molecule has 0 atom stereocenters. The van der Waals surface area contributed by atoms with E-state index in [4.69, 9.17) is 9.97 Å². The third kappa shape index (κ3) is 5.16. The topological polar surface area (TPSA) is 25.8 Å². The van der Waals surface area contributed by atoms with Crippen LogP contribution in [0, 0.1) is 0 Å². The average molecular weight is 733 g/mol. The van der Waals surface area contributed by atoms with Gasteiger partial charge in [0.1, 0.15) is 0 Å². The molecule has 0 aliphatic heterocycles. The molecule has 0 amide bonds. The Morgan fingerprint density at radius 2 is 1.04 bits per heavy atom. The minimum Gasteiger partial charge on any atom is -0.228 e. The first-order chi connectivity index (χ1) is 27.5. The van der Waals surface area contributed by atoms with E-state index in [9.17, 15) is 0 Å². The van der Waals surface area contributed by atoms with Gasteiger partial charge in [-0.1, -0.05) is 159 Å². The molecule has 10 aromatic rings. The number of benzene rings is 8. The van der Waals surface area contributed by atoms with Crippen molar-refractivity contribution in [3.05, 3.63) is 193 Å². The average Bonchev–Trinajstić information content (AvgIpc) is 3.75. The second-order valence-corrected chi connectivity index (χ2v) is 16.4. The van der Waals surface area contributed by atoms with Gasteiger partial charge in [-0.25, -0.2) is 9.97 Å². The summed E-state index contributed by atoms with van der Waals surface area (Å²) in [6.07, 6.45) is 0. The summed E-state index contributed by atoms with van der Waals surface area (Å²) in [5.74, 6) is 0.709. The van der Waals surface area contributed by atoms with Crippen molar-refractivity contribution in [2.24, 2.45) is 0 Å². The van der Waals surface area contributed by atoms with E-state index in [1.54, 1.807) is 0 Å². The van der Waals surface area contributed by atoms with Gasteiger partial charge in [-0.05, 0) is 91.7 Å². The SMILES string of the molecule is CC1(C)c2cc3ccccc3cc2-c2c(-c3cccc(-c4cc(-c5ccccc5-c5cccc6sc7ccccc7c56)nc(-c5ccccc5)n4)c3)cccc21. The van der Waals surface area contributed by atoms with E-state index in [2.05, 4.69) is 190 Å². The lowest BCUT2D eigenvalue weighted by atomic mass is 9.81. The molecule has 264 valence electrons. The molecule has 3 heteroatoms. The Balaban J connectivity index is 1.09. The van der Waals surface area contributed by atoms with E-state index in [1.165, 1.54) is 69.9 Å². The van der Waals surface area contributed by atoms with Gasteiger partial charge >= 0.3 is 0 Å². The Labute approximate surface area is 330 Å². The predicted molar refractivity (Wildman–Crippen MR) is 237 cm³/mol. The second kappa shape index (κ2) is 12.7. The molecule has 0 saturated heterocycles. The molecule has 2 nitrogen and oxygen atoms in total. The van der Waals surface area contributed by atoms with Crippen LogP contribution >= 0.6 is 11.3 Å². The van der Waals surface area contributed by atoms with Gasteiger partial charge in [-0.2, -0.15) is 0 Å². The number of nitrogens with zero attached hydrogens (tertiary/aromatic N) is 2. The third-order valence-electron chi connectivity index (χ3n) is 11.7. The van der Waals surface area contributed by atoms with Crippen molar-refractivity contribution in [3.8, 4) is 67.3 Å². The van der Waals surface area contributed by atoms with Gasteiger partial charge in [-0.3, -0.25) is 0 Å². The van der Waals surface area contributed by atoms with Crippen LogP contribution in [-0.4, -0.2) is 9.97 Å². The van der Waals surface area contributed by atoms with Crippen molar-refractivity contribution in [1.82, 2.24) is 9.97 Å². The molecule has 8 aromatic carbocycles. The van der Waals surface area contributed by atoms with Crippen molar-refractivity contribution < 1.29 is 0 Å². The number of hydrogen-bond acceptors (Lipinski definition) is 3. The van der Waals surface area contributed by atoms with E-state index in [0.29, 0.717) is 5.82 Å². The molecular weight excluding hydrogens is 697 g/mol. The lowest BCUT2D eigenvalue weighted by Crippen LogP contribution is -2.14. The fourth-order valence-corrected chi connectivity index (χ4v) is 10.1. The zero-order chi connectivity index (χ0) is 37.4. The first kappa shape index (κ1) is 32.7. The molecule has 11 rings (SSSR count). The van der Waals surface area contributed by atoms with Gasteiger partial charge in [0.25, 0.3) is 0 Å². The number of fused-ring (bicyclic) bond motifs is 7. The zero-order valence-corrected chi connectivity index (χ0v) is 31.9. The standard InChI is InChI=1S/C53H36N2S/c1-53(2)44-26-13-24-38(50(44)43-30-34-17-6-7-18-35(34)31-45(43)53)36-19-12-20-37(29-36)46-32-47(55-52(54-46)33-15-4-3-5-16-33)40-22-9-8-21-39(40)41-25-14-28-49-51(41)42-23-10-11-27-48(42)56-49/h3-32H,1-2H3. The van der Waals surface area contributed by atoms with E-state index in [0.717, 1.165) is 33.6 Å². The molecule has 1 aliphatic carbocycles. The molecule has 1 aliphatic rings. The van der Waals surface area contributed by atoms with Gasteiger partial charge < -0.3 is 0 Å². The number of aromatic nitrogens is 2. The Hall–Kier alpha value is -6.68. The highest BCUT2D eigenvalue weighted by molar-refractivity contribution is 7.25.